The van der Waals surface area contributed by atoms with Crippen molar-refractivity contribution in [3.05, 3.63) is 65.0 Å². The Hall–Kier alpha value is -6.19. The molecule has 0 radical (unpaired) electrons. The smallest absolute Gasteiger partial charge is 0.407 e. The number of carbonyl (C=O) groups excluding carboxylic acids is 5. The van der Waals surface area contributed by atoms with Gasteiger partial charge in [0, 0.05) is 46.5 Å². The van der Waals surface area contributed by atoms with Gasteiger partial charge >= 0.3 is 12.2 Å². The van der Waals surface area contributed by atoms with Crippen LogP contribution in [-0.4, -0.2) is 98.9 Å². The van der Waals surface area contributed by atoms with Crippen LogP contribution in [0.15, 0.2) is 36.7 Å². The van der Waals surface area contributed by atoms with Crippen molar-refractivity contribution in [1.29, 1.82) is 0 Å². The summed E-state index contributed by atoms with van der Waals surface area (Å²) in [6.45, 7) is 8.84. The molecular weight excluding hydrogens is 745 g/mol. The molecule has 0 spiro atoms. The van der Waals surface area contributed by atoms with Crippen molar-refractivity contribution < 1.29 is 38.2 Å². The number of H-pyrrole nitrogens is 2. The van der Waals surface area contributed by atoms with E-state index in [1.165, 1.54) is 14.2 Å². The van der Waals surface area contributed by atoms with Crippen LogP contribution < -0.4 is 15.4 Å². The molecule has 1 aliphatic carbocycles. The SMILES string of the molecule is COC(=O)NC(C(=O)N1CCC[C@H]1c1ncc(-c2cc3c4c(c2)C(=O)c2cc(-c5cnc([C@@H]6CCCN6C(=O)[C@@H](NC(=O)OC)C(C)C)[nH]5)cc(c2-4)OC3)[nH]1)C(C)C. The maximum Gasteiger partial charge on any atom is 0.407 e. The number of likely N-dealkylation sites (tertiary alicyclic amines) is 2. The first-order valence-corrected chi connectivity index (χ1v) is 19.8. The van der Waals surface area contributed by atoms with Crippen LogP contribution in [0.4, 0.5) is 9.59 Å². The van der Waals surface area contributed by atoms with E-state index in [0.29, 0.717) is 65.8 Å². The molecule has 4 atom stereocenters. The number of imidazole rings is 2. The number of ether oxygens (including phenoxy) is 3. The monoisotopic (exact) mass is 792 g/mol. The summed E-state index contributed by atoms with van der Waals surface area (Å²) in [6.07, 6.45) is 5.13. The van der Waals surface area contributed by atoms with Gasteiger partial charge in [-0.2, -0.15) is 0 Å². The Balaban J connectivity index is 1.03. The third kappa shape index (κ3) is 6.73. The van der Waals surface area contributed by atoms with Crippen LogP contribution in [0.25, 0.3) is 33.6 Å². The molecule has 1 unspecified atom stereocenters. The maximum absolute atomic E-state index is 14.2. The van der Waals surface area contributed by atoms with Gasteiger partial charge in [-0.3, -0.25) is 14.4 Å². The summed E-state index contributed by atoms with van der Waals surface area (Å²) >= 11 is 0. The lowest BCUT2D eigenvalue weighted by Gasteiger charge is -2.30. The fourth-order valence-corrected chi connectivity index (χ4v) is 8.76. The number of aromatic nitrogens is 4. The lowest BCUT2D eigenvalue weighted by molar-refractivity contribution is -0.136. The second-order valence-electron chi connectivity index (χ2n) is 16.0. The van der Waals surface area contributed by atoms with E-state index in [0.717, 1.165) is 40.7 Å². The molecule has 4 N–H and O–H groups in total. The summed E-state index contributed by atoms with van der Waals surface area (Å²) in [5.41, 5.74) is 6.55. The number of nitrogens with one attached hydrogen (secondary N) is 4. The number of hydrogen-bond acceptors (Lipinski definition) is 10. The molecule has 304 valence electrons. The van der Waals surface area contributed by atoms with Crippen LogP contribution in [0.1, 0.15) is 98.6 Å². The van der Waals surface area contributed by atoms with Crippen LogP contribution in [0.2, 0.25) is 0 Å². The van der Waals surface area contributed by atoms with Gasteiger partial charge in [-0.1, -0.05) is 27.7 Å². The number of aromatic amines is 2. The number of alkyl carbamates (subject to hydrolysis) is 2. The van der Waals surface area contributed by atoms with Gasteiger partial charge in [0.1, 0.15) is 36.1 Å². The highest BCUT2D eigenvalue weighted by atomic mass is 16.5. The molecule has 2 aromatic heterocycles. The number of methoxy groups -OCH3 is 2. The lowest BCUT2D eigenvalue weighted by Crippen LogP contribution is -2.51. The van der Waals surface area contributed by atoms with Crippen LogP contribution >= 0.6 is 0 Å². The molecule has 4 aromatic rings. The van der Waals surface area contributed by atoms with Crippen LogP contribution in [0.3, 0.4) is 0 Å². The summed E-state index contributed by atoms with van der Waals surface area (Å²) in [5, 5.41) is 5.36. The minimum atomic E-state index is -0.744. The molecule has 16 nitrogen and oxygen atoms in total. The third-order valence-electron chi connectivity index (χ3n) is 11.7. The predicted octanol–water partition coefficient (Wildman–Crippen LogP) is 5.66. The Morgan fingerprint density at radius 3 is 1.71 bits per heavy atom. The number of nitrogens with zero attached hydrogens (tertiary/aromatic N) is 4. The van der Waals surface area contributed by atoms with Crippen molar-refractivity contribution in [2.45, 2.75) is 84.2 Å². The number of amides is 4. The average molecular weight is 793 g/mol. The summed E-state index contributed by atoms with van der Waals surface area (Å²) in [6, 6.07) is 5.60. The van der Waals surface area contributed by atoms with Crippen LogP contribution in [0, 0.1) is 11.8 Å². The molecule has 2 fully saturated rings. The third-order valence-corrected chi connectivity index (χ3v) is 11.7. The average Bonchev–Trinajstić information content (AvgIpc) is 4.07. The lowest BCUT2D eigenvalue weighted by atomic mass is 9.93. The number of benzene rings is 2. The van der Waals surface area contributed by atoms with Crippen LogP contribution in [-0.2, 0) is 25.7 Å². The normalized spacial score (nSPS) is 18.9. The largest absolute Gasteiger partial charge is 0.488 e. The quantitative estimate of drug-likeness (QED) is 0.137. The zero-order chi connectivity index (χ0) is 41.0. The van der Waals surface area contributed by atoms with Crippen molar-refractivity contribution >= 4 is 29.8 Å². The van der Waals surface area contributed by atoms with E-state index in [1.54, 1.807) is 22.2 Å². The molecule has 0 saturated carbocycles. The minimum absolute atomic E-state index is 0.114. The maximum atomic E-state index is 14.2. The Kier molecular flexibility index (Phi) is 10.2. The van der Waals surface area contributed by atoms with Crippen molar-refractivity contribution in [2.24, 2.45) is 11.8 Å². The topological polar surface area (TPSA) is 201 Å². The Bertz CT molecular complexity index is 2150. The molecule has 5 heterocycles. The fourth-order valence-electron chi connectivity index (χ4n) is 8.76. The Labute approximate surface area is 335 Å². The second-order valence-corrected chi connectivity index (χ2v) is 16.0. The van der Waals surface area contributed by atoms with Gasteiger partial charge < -0.3 is 44.6 Å². The summed E-state index contributed by atoms with van der Waals surface area (Å²) in [4.78, 5) is 85.4. The van der Waals surface area contributed by atoms with Gasteiger partial charge in [0.2, 0.25) is 11.8 Å². The molecule has 4 aliphatic rings. The van der Waals surface area contributed by atoms with Gasteiger partial charge in [-0.25, -0.2) is 19.6 Å². The van der Waals surface area contributed by atoms with Gasteiger partial charge in [0.25, 0.3) is 0 Å². The molecule has 3 aliphatic heterocycles. The molecule has 8 rings (SSSR count). The van der Waals surface area contributed by atoms with E-state index >= 15 is 0 Å². The van der Waals surface area contributed by atoms with Crippen LogP contribution in [0.5, 0.6) is 5.75 Å². The van der Waals surface area contributed by atoms with E-state index in [9.17, 15) is 24.0 Å². The number of rotatable bonds is 10. The number of ketones is 1. The van der Waals surface area contributed by atoms with E-state index in [1.807, 2.05) is 52.0 Å². The fraction of sp³-hybridized carbons (Fsp3) is 0.452. The molecule has 58 heavy (non-hydrogen) atoms. The zero-order valence-corrected chi connectivity index (χ0v) is 33.4. The van der Waals surface area contributed by atoms with E-state index in [4.69, 9.17) is 19.2 Å². The first kappa shape index (κ1) is 38.7. The van der Waals surface area contributed by atoms with E-state index in [-0.39, 0.29) is 48.1 Å². The highest BCUT2D eigenvalue weighted by molar-refractivity contribution is 6.24. The van der Waals surface area contributed by atoms with Crippen molar-refractivity contribution in [2.75, 3.05) is 27.3 Å². The number of hydrogen-bond donors (Lipinski definition) is 4. The van der Waals surface area contributed by atoms with E-state index in [2.05, 4.69) is 25.6 Å². The molecule has 2 saturated heterocycles. The Morgan fingerprint density at radius 1 is 0.741 bits per heavy atom. The molecular formula is C42H48N8O8. The van der Waals surface area contributed by atoms with Gasteiger partial charge in [0.15, 0.2) is 5.78 Å². The molecule has 0 bridgehead atoms. The summed E-state index contributed by atoms with van der Waals surface area (Å²) < 4.78 is 15.9. The number of carbonyl (C=O) groups is 5. The molecule has 4 amide bonds. The summed E-state index contributed by atoms with van der Waals surface area (Å²) in [7, 11) is 2.54. The minimum Gasteiger partial charge on any atom is -0.488 e. The standard InChI is InChI=1S/C42H48N8O8/c1-20(2)34(47-41(54)56-5)39(52)49-11-7-9-29(49)37-43-17-27(45-37)22-13-24-19-58-31-16-23(15-26-33(31)32(24)25(14-22)36(26)51)28-18-44-38(46-28)30-10-8-12-50(30)40(53)35(21(3)4)48-42(55)57-6/h13-18,20-21,29-30,34-35H,7-12,19H2,1-6H3,(H,43,45)(H,44,46)(H,47,54)(H,48,55)/t29-,30-,34?,35-/m0/s1. The van der Waals surface area contributed by atoms with Gasteiger partial charge in [-0.05, 0) is 67.3 Å². The van der Waals surface area contributed by atoms with Crippen molar-refractivity contribution in [3.8, 4) is 39.4 Å². The molecule has 16 heteroatoms. The highest BCUT2D eigenvalue weighted by Gasteiger charge is 2.40. The Morgan fingerprint density at radius 2 is 1.22 bits per heavy atom. The molecule has 2 aromatic carbocycles. The van der Waals surface area contributed by atoms with E-state index < -0.39 is 24.3 Å². The van der Waals surface area contributed by atoms with Gasteiger partial charge in [0.05, 0.1) is 50.1 Å². The first-order chi connectivity index (χ1) is 27.9. The zero-order valence-electron chi connectivity index (χ0n) is 33.4. The first-order valence-electron chi connectivity index (χ1n) is 19.8. The van der Waals surface area contributed by atoms with Crippen molar-refractivity contribution in [1.82, 2.24) is 40.4 Å². The second kappa shape index (κ2) is 15.3. The van der Waals surface area contributed by atoms with Crippen molar-refractivity contribution in [3.63, 3.8) is 0 Å². The highest BCUT2D eigenvalue weighted by Crippen LogP contribution is 2.50. The predicted molar refractivity (Wildman–Crippen MR) is 211 cm³/mol. The van der Waals surface area contributed by atoms with Gasteiger partial charge in [-0.15, -0.1) is 0 Å². The summed E-state index contributed by atoms with van der Waals surface area (Å²) in [5.74, 6) is 1.07.